The molecule has 1 aromatic carbocycles. The Bertz CT molecular complexity index is 494. The summed E-state index contributed by atoms with van der Waals surface area (Å²) in [5.41, 5.74) is 0.173. The monoisotopic (exact) mass is 285 g/mol. The number of nitrogens with one attached hydrogen (secondary N) is 1. The van der Waals surface area contributed by atoms with E-state index in [2.05, 4.69) is 5.32 Å². The van der Waals surface area contributed by atoms with Gasteiger partial charge in [-0.05, 0) is 37.0 Å². The third kappa shape index (κ3) is 3.67. The molecule has 1 aliphatic rings. The third-order valence-corrected chi connectivity index (χ3v) is 3.38. The van der Waals surface area contributed by atoms with Crippen molar-refractivity contribution in [2.75, 3.05) is 0 Å². The first-order valence-corrected chi connectivity index (χ1v) is 6.30. The van der Waals surface area contributed by atoms with Crippen LogP contribution in [0.15, 0.2) is 18.2 Å². The fraction of sp³-hybridized carbons (Fsp3) is 0.385. The minimum atomic E-state index is -0.827. The van der Waals surface area contributed by atoms with Gasteiger partial charge in [0.25, 0.3) is 5.91 Å². The van der Waals surface area contributed by atoms with Gasteiger partial charge in [-0.3, -0.25) is 9.59 Å². The highest BCUT2D eigenvalue weighted by Crippen LogP contribution is 2.30. The van der Waals surface area contributed by atoms with E-state index in [-0.39, 0.29) is 34.9 Å². The van der Waals surface area contributed by atoms with E-state index in [0.717, 1.165) is 12.1 Å². The Balaban J connectivity index is 1.87. The van der Waals surface area contributed by atoms with Gasteiger partial charge < -0.3 is 10.4 Å². The number of hydrogen-bond acceptors (Lipinski definition) is 2. The van der Waals surface area contributed by atoms with Crippen LogP contribution in [0.25, 0.3) is 0 Å². The lowest BCUT2D eigenvalue weighted by atomic mass is 9.78. The van der Waals surface area contributed by atoms with Crippen LogP contribution in [0.1, 0.15) is 29.6 Å². The molecule has 0 aliphatic heterocycles. The molecule has 0 atom stereocenters. The Morgan fingerprint density at radius 2 is 2.05 bits per heavy atom. The van der Waals surface area contributed by atoms with Crippen molar-refractivity contribution in [3.63, 3.8) is 0 Å². The molecule has 0 radical (unpaired) electrons. The largest absolute Gasteiger partial charge is 0.481 e. The fourth-order valence-electron chi connectivity index (χ4n) is 2.22. The smallest absolute Gasteiger partial charge is 0.303 e. The van der Waals surface area contributed by atoms with Crippen molar-refractivity contribution in [2.24, 2.45) is 5.92 Å². The highest BCUT2D eigenvalue weighted by molar-refractivity contribution is 6.31. The van der Waals surface area contributed by atoms with Gasteiger partial charge in [-0.25, -0.2) is 4.39 Å². The number of carboxylic acids is 1. The van der Waals surface area contributed by atoms with Crippen LogP contribution in [0.2, 0.25) is 5.02 Å². The van der Waals surface area contributed by atoms with Crippen LogP contribution in [0, 0.1) is 11.7 Å². The zero-order valence-electron chi connectivity index (χ0n) is 10.0. The molecule has 4 nitrogen and oxygen atoms in total. The van der Waals surface area contributed by atoms with E-state index < -0.39 is 11.8 Å². The van der Waals surface area contributed by atoms with Crippen LogP contribution in [-0.4, -0.2) is 23.0 Å². The Morgan fingerprint density at radius 3 is 2.63 bits per heavy atom. The van der Waals surface area contributed by atoms with E-state index in [1.165, 1.54) is 6.07 Å². The van der Waals surface area contributed by atoms with E-state index in [1.54, 1.807) is 0 Å². The Morgan fingerprint density at radius 1 is 1.37 bits per heavy atom. The number of halogens is 2. The maximum absolute atomic E-state index is 13.1. The second-order valence-corrected chi connectivity index (χ2v) is 5.20. The number of carbonyl (C=O) groups is 2. The summed E-state index contributed by atoms with van der Waals surface area (Å²) in [4.78, 5) is 22.3. The molecule has 0 heterocycles. The molecule has 0 saturated heterocycles. The lowest BCUT2D eigenvalue weighted by Crippen LogP contribution is -2.44. The van der Waals surface area contributed by atoms with Crippen LogP contribution in [0.5, 0.6) is 0 Å². The molecular weight excluding hydrogens is 273 g/mol. The maximum Gasteiger partial charge on any atom is 0.303 e. The van der Waals surface area contributed by atoms with Crippen LogP contribution in [0.3, 0.4) is 0 Å². The summed E-state index contributed by atoms with van der Waals surface area (Å²) in [5, 5.41) is 11.5. The summed E-state index contributed by atoms with van der Waals surface area (Å²) in [6.07, 6.45) is 1.40. The van der Waals surface area contributed by atoms with Crippen molar-refractivity contribution in [1.29, 1.82) is 0 Å². The van der Waals surface area contributed by atoms with Gasteiger partial charge in [0.2, 0.25) is 0 Å². The Kier molecular flexibility index (Phi) is 4.04. The van der Waals surface area contributed by atoms with Crippen LogP contribution in [-0.2, 0) is 4.79 Å². The molecule has 19 heavy (non-hydrogen) atoms. The highest BCUT2D eigenvalue weighted by atomic mass is 35.5. The van der Waals surface area contributed by atoms with Crippen molar-refractivity contribution < 1.29 is 19.1 Å². The number of benzene rings is 1. The molecule has 0 bridgehead atoms. The first-order valence-electron chi connectivity index (χ1n) is 5.93. The molecule has 2 rings (SSSR count). The fourth-order valence-corrected chi connectivity index (χ4v) is 2.44. The Labute approximate surface area is 114 Å². The van der Waals surface area contributed by atoms with Gasteiger partial charge in [-0.1, -0.05) is 11.6 Å². The van der Waals surface area contributed by atoms with E-state index >= 15 is 0 Å². The summed E-state index contributed by atoms with van der Waals surface area (Å²) < 4.78 is 13.1. The van der Waals surface area contributed by atoms with Crippen molar-refractivity contribution in [1.82, 2.24) is 5.32 Å². The van der Waals surface area contributed by atoms with E-state index in [0.29, 0.717) is 12.8 Å². The average molecular weight is 286 g/mol. The molecule has 1 amide bonds. The number of carboxylic acid groups (broad SMARTS) is 1. The second-order valence-electron chi connectivity index (χ2n) is 4.76. The summed E-state index contributed by atoms with van der Waals surface area (Å²) in [6, 6.07) is 3.60. The molecule has 0 spiro atoms. The molecule has 2 N–H and O–H groups in total. The molecule has 6 heteroatoms. The van der Waals surface area contributed by atoms with Crippen molar-refractivity contribution >= 4 is 23.5 Å². The van der Waals surface area contributed by atoms with Gasteiger partial charge in [0.15, 0.2) is 0 Å². The number of aliphatic carboxylic acids is 1. The zero-order chi connectivity index (χ0) is 14.0. The average Bonchev–Trinajstić information content (AvgIpc) is 2.23. The minimum absolute atomic E-state index is 0.0427. The number of carbonyl (C=O) groups excluding carboxylic acids is 1. The standard InChI is InChI=1S/C13H13ClFNO3/c14-9-4-8(5-10(15)6-9)13(19)16-11-1-7(2-11)3-12(17)18/h4-7,11H,1-3H2,(H,16,19)(H,17,18). The first-order chi connectivity index (χ1) is 8.94. The van der Waals surface area contributed by atoms with Crippen molar-refractivity contribution in [3.8, 4) is 0 Å². The van der Waals surface area contributed by atoms with Gasteiger partial charge in [-0.2, -0.15) is 0 Å². The van der Waals surface area contributed by atoms with Crippen LogP contribution < -0.4 is 5.32 Å². The minimum Gasteiger partial charge on any atom is -0.481 e. The SMILES string of the molecule is O=C(O)CC1CC(NC(=O)c2cc(F)cc(Cl)c2)C1. The Hall–Kier alpha value is -1.62. The lowest BCUT2D eigenvalue weighted by Gasteiger charge is -2.34. The van der Waals surface area contributed by atoms with Crippen molar-refractivity contribution in [3.05, 3.63) is 34.6 Å². The van der Waals surface area contributed by atoms with Crippen LogP contribution >= 0.6 is 11.6 Å². The van der Waals surface area contributed by atoms with E-state index in [1.807, 2.05) is 0 Å². The second kappa shape index (κ2) is 5.57. The molecule has 1 aliphatic carbocycles. The normalized spacial score (nSPS) is 21.6. The zero-order valence-corrected chi connectivity index (χ0v) is 10.8. The van der Waals surface area contributed by atoms with Gasteiger partial charge in [0.1, 0.15) is 5.82 Å². The quantitative estimate of drug-likeness (QED) is 0.893. The highest BCUT2D eigenvalue weighted by Gasteiger charge is 2.31. The van der Waals surface area contributed by atoms with Crippen molar-refractivity contribution in [2.45, 2.75) is 25.3 Å². The molecule has 1 fully saturated rings. The maximum atomic E-state index is 13.1. The summed E-state index contributed by atoms with van der Waals surface area (Å²) in [5.74, 6) is -1.67. The van der Waals surface area contributed by atoms with E-state index in [4.69, 9.17) is 16.7 Å². The topological polar surface area (TPSA) is 66.4 Å². The lowest BCUT2D eigenvalue weighted by molar-refractivity contribution is -0.138. The van der Waals surface area contributed by atoms with E-state index in [9.17, 15) is 14.0 Å². The molecule has 0 unspecified atom stereocenters. The molecular formula is C13H13ClFNO3. The van der Waals surface area contributed by atoms with Crippen LogP contribution in [0.4, 0.5) is 4.39 Å². The van der Waals surface area contributed by atoms with Gasteiger partial charge in [0.05, 0.1) is 0 Å². The predicted molar refractivity (Wildman–Crippen MR) is 67.6 cm³/mol. The van der Waals surface area contributed by atoms with Gasteiger partial charge >= 0.3 is 5.97 Å². The summed E-state index contributed by atoms with van der Waals surface area (Å²) >= 11 is 5.67. The number of rotatable bonds is 4. The predicted octanol–water partition coefficient (Wildman–Crippen LogP) is 2.46. The number of hydrogen-bond donors (Lipinski definition) is 2. The molecule has 1 saturated carbocycles. The first kappa shape index (κ1) is 13.8. The van der Waals surface area contributed by atoms with Gasteiger partial charge in [0, 0.05) is 23.0 Å². The number of amides is 1. The molecule has 1 aromatic rings. The summed E-state index contributed by atoms with van der Waals surface area (Å²) in [7, 11) is 0. The van der Waals surface area contributed by atoms with Gasteiger partial charge in [-0.15, -0.1) is 0 Å². The third-order valence-electron chi connectivity index (χ3n) is 3.16. The molecule has 102 valence electrons. The summed E-state index contributed by atoms with van der Waals surface area (Å²) in [6.45, 7) is 0. The molecule has 0 aromatic heterocycles.